The molecule has 2 aliphatic rings. The van der Waals surface area contributed by atoms with Crippen LogP contribution in [0.1, 0.15) is 38.5 Å². The summed E-state index contributed by atoms with van der Waals surface area (Å²) in [5.41, 5.74) is 1.32. The van der Waals surface area contributed by atoms with Crippen molar-refractivity contribution in [1.29, 1.82) is 0 Å². The second kappa shape index (κ2) is 7.21. The first kappa shape index (κ1) is 17.8. The number of carbonyl (C=O) groups is 1. The number of imidazole rings is 1. The number of fused-ring (bicyclic) bond motifs is 2. The van der Waals surface area contributed by atoms with E-state index in [1.807, 2.05) is 32.4 Å². The lowest BCUT2D eigenvalue weighted by molar-refractivity contribution is -0.115. The van der Waals surface area contributed by atoms with Crippen molar-refractivity contribution in [2.24, 2.45) is 5.41 Å². The van der Waals surface area contributed by atoms with Gasteiger partial charge < -0.3 is 0 Å². The van der Waals surface area contributed by atoms with Gasteiger partial charge in [-0.25, -0.2) is 13.5 Å². The molecule has 7 heteroatoms. The van der Waals surface area contributed by atoms with E-state index in [0.717, 1.165) is 48.6 Å². The van der Waals surface area contributed by atoms with Crippen LogP contribution in [-0.2, 0) is 15.8 Å². The van der Waals surface area contributed by atoms with E-state index < -0.39 is 11.0 Å². The number of ketones is 1. The topological polar surface area (TPSA) is 54.7 Å². The van der Waals surface area contributed by atoms with Crippen molar-refractivity contribution < 1.29 is 9.00 Å². The normalized spacial score (nSPS) is 25.5. The van der Waals surface area contributed by atoms with Crippen LogP contribution >= 0.6 is 11.3 Å². The monoisotopic (exact) mass is 389 g/mol. The van der Waals surface area contributed by atoms with Crippen molar-refractivity contribution in [3.05, 3.63) is 42.1 Å². The number of aromatic nitrogens is 2. The predicted molar refractivity (Wildman–Crippen MR) is 104 cm³/mol. The smallest absolute Gasteiger partial charge is 0.194 e. The Morgan fingerprint density at radius 3 is 3.08 bits per heavy atom. The molecule has 2 aromatic rings. The highest BCUT2D eigenvalue weighted by atomic mass is 32.2. The summed E-state index contributed by atoms with van der Waals surface area (Å²) in [5, 5.41) is 2.69. The van der Waals surface area contributed by atoms with E-state index >= 15 is 0 Å². The van der Waals surface area contributed by atoms with Gasteiger partial charge in [0, 0.05) is 31.1 Å². The van der Waals surface area contributed by atoms with Gasteiger partial charge in [0.15, 0.2) is 10.7 Å². The van der Waals surface area contributed by atoms with E-state index in [0.29, 0.717) is 13.0 Å². The van der Waals surface area contributed by atoms with Gasteiger partial charge in [-0.2, -0.15) is 0 Å². The minimum Gasteiger partial charge on any atom is -0.295 e. The maximum atomic E-state index is 13.2. The van der Waals surface area contributed by atoms with Crippen molar-refractivity contribution in [2.75, 3.05) is 13.1 Å². The van der Waals surface area contributed by atoms with Crippen molar-refractivity contribution in [3.8, 4) is 0 Å². The van der Waals surface area contributed by atoms with Crippen molar-refractivity contribution >= 4 is 33.1 Å². The molecule has 26 heavy (non-hydrogen) atoms. The number of nitrogens with zero attached hydrogens (tertiary/aromatic N) is 3. The summed E-state index contributed by atoms with van der Waals surface area (Å²) in [5.74, 6) is 0.236. The molecule has 0 N–H and O–H groups in total. The molecule has 1 aliphatic heterocycles. The molecule has 2 aromatic heterocycles. The molecule has 2 atom stereocenters. The second-order valence-corrected chi connectivity index (χ2v) is 9.38. The Bertz CT molecular complexity index is 898. The minimum absolute atomic E-state index is 0.0656. The predicted octanol–water partition coefficient (Wildman–Crippen LogP) is 3.76. The van der Waals surface area contributed by atoms with Gasteiger partial charge >= 0.3 is 0 Å². The van der Waals surface area contributed by atoms with E-state index in [9.17, 15) is 9.00 Å². The SMILES string of the molecule is C=CCCC12CCC(=O)C=C1CCN(S(=O)c1cnc3sccn13)CC2. The van der Waals surface area contributed by atoms with Crippen LogP contribution in [0, 0.1) is 5.41 Å². The summed E-state index contributed by atoms with van der Waals surface area (Å²) in [6, 6.07) is 0. The van der Waals surface area contributed by atoms with Gasteiger partial charge in [-0.1, -0.05) is 11.6 Å². The van der Waals surface area contributed by atoms with Crippen LogP contribution in [0.25, 0.3) is 4.96 Å². The van der Waals surface area contributed by atoms with Crippen LogP contribution in [-0.4, -0.2) is 36.8 Å². The summed E-state index contributed by atoms with van der Waals surface area (Å²) in [7, 11) is -1.24. The fourth-order valence-corrected chi connectivity index (χ4v) is 6.17. The van der Waals surface area contributed by atoms with Crippen LogP contribution in [0.15, 0.2) is 47.1 Å². The Balaban J connectivity index is 1.59. The van der Waals surface area contributed by atoms with Gasteiger partial charge in [-0.15, -0.1) is 17.9 Å². The molecule has 0 spiro atoms. The van der Waals surface area contributed by atoms with E-state index in [4.69, 9.17) is 0 Å². The standard InChI is InChI=1S/C19H23N3O2S2/c1-2-3-6-19-7-4-16(23)13-15(19)5-9-21(10-8-19)26(24)17-14-20-18-22(17)11-12-25-18/h2,11-14H,1,3-10H2. The van der Waals surface area contributed by atoms with Gasteiger partial charge in [0.05, 0.1) is 6.20 Å². The van der Waals surface area contributed by atoms with Gasteiger partial charge in [0.2, 0.25) is 0 Å². The first-order chi connectivity index (χ1) is 12.6. The number of hydrogen-bond acceptors (Lipinski definition) is 4. The van der Waals surface area contributed by atoms with Crippen LogP contribution in [0.5, 0.6) is 0 Å². The molecule has 1 saturated heterocycles. The summed E-state index contributed by atoms with van der Waals surface area (Å²) < 4.78 is 17.1. The zero-order valence-electron chi connectivity index (χ0n) is 14.7. The van der Waals surface area contributed by atoms with Crippen molar-refractivity contribution in [1.82, 2.24) is 13.7 Å². The Kier molecular flexibility index (Phi) is 4.94. The lowest BCUT2D eigenvalue weighted by atomic mass is 9.67. The van der Waals surface area contributed by atoms with E-state index in [-0.39, 0.29) is 11.2 Å². The fraction of sp³-hybridized carbons (Fsp3) is 0.474. The number of allylic oxidation sites excluding steroid dienone is 2. The first-order valence-corrected chi connectivity index (χ1v) is 11.0. The third-order valence-corrected chi connectivity index (χ3v) is 7.95. The van der Waals surface area contributed by atoms with E-state index in [1.54, 1.807) is 17.5 Å². The molecular weight excluding hydrogens is 366 g/mol. The van der Waals surface area contributed by atoms with Gasteiger partial charge in [0.1, 0.15) is 16.0 Å². The Morgan fingerprint density at radius 1 is 1.35 bits per heavy atom. The molecule has 5 nitrogen and oxygen atoms in total. The average molecular weight is 390 g/mol. The second-order valence-electron chi connectivity index (χ2n) is 7.07. The molecule has 0 radical (unpaired) electrons. The maximum Gasteiger partial charge on any atom is 0.194 e. The number of carbonyl (C=O) groups excluding carboxylic acids is 1. The maximum absolute atomic E-state index is 13.2. The summed E-state index contributed by atoms with van der Waals surface area (Å²) in [4.78, 5) is 17.2. The minimum atomic E-state index is -1.24. The van der Waals surface area contributed by atoms with Crippen LogP contribution in [0.4, 0.5) is 0 Å². The molecule has 0 aromatic carbocycles. The average Bonchev–Trinajstić information content (AvgIpc) is 3.20. The molecule has 3 heterocycles. The van der Waals surface area contributed by atoms with Crippen LogP contribution in [0.2, 0.25) is 0 Å². The van der Waals surface area contributed by atoms with Crippen molar-refractivity contribution in [3.63, 3.8) is 0 Å². The Labute approximate surface area is 160 Å². The van der Waals surface area contributed by atoms with E-state index in [1.165, 1.54) is 5.57 Å². The number of hydrogen-bond donors (Lipinski definition) is 0. The molecule has 4 rings (SSSR count). The molecule has 1 aliphatic carbocycles. The van der Waals surface area contributed by atoms with Crippen molar-refractivity contribution in [2.45, 2.75) is 43.6 Å². The zero-order chi connectivity index (χ0) is 18.1. The van der Waals surface area contributed by atoms with Gasteiger partial charge in [-0.05, 0) is 43.6 Å². The third-order valence-electron chi connectivity index (χ3n) is 5.69. The molecule has 1 fully saturated rings. The van der Waals surface area contributed by atoms with Gasteiger partial charge in [0.25, 0.3) is 0 Å². The van der Waals surface area contributed by atoms with E-state index in [2.05, 4.69) is 11.6 Å². The van der Waals surface area contributed by atoms with Crippen LogP contribution < -0.4 is 0 Å². The molecule has 0 saturated carbocycles. The lowest BCUT2D eigenvalue weighted by Gasteiger charge is -2.37. The van der Waals surface area contributed by atoms with Gasteiger partial charge in [-0.3, -0.25) is 9.20 Å². The molecular formula is C19H23N3O2S2. The Morgan fingerprint density at radius 2 is 2.23 bits per heavy atom. The third kappa shape index (κ3) is 3.12. The summed E-state index contributed by atoms with van der Waals surface area (Å²) in [6.07, 6.45) is 12.7. The number of rotatable bonds is 5. The molecule has 138 valence electrons. The summed E-state index contributed by atoms with van der Waals surface area (Å²) >= 11 is 1.54. The highest BCUT2D eigenvalue weighted by Gasteiger charge is 2.39. The summed E-state index contributed by atoms with van der Waals surface area (Å²) in [6.45, 7) is 5.34. The zero-order valence-corrected chi connectivity index (χ0v) is 16.4. The first-order valence-electron chi connectivity index (χ1n) is 9.05. The van der Waals surface area contributed by atoms with Crippen LogP contribution in [0.3, 0.4) is 0 Å². The molecule has 2 unspecified atom stereocenters. The lowest BCUT2D eigenvalue weighted by Crippen LogP contribution is -2.31. The molecule has 0 bridgehead atoms. The molecule has 0 amide bonds. The Hall–Kier alpha value is -1.57. The highest BCUT2D eigenvalue weighted by Crippen LogP contribution is 2.47. The quantitative estimate of drug-likeness (QED) is 0.732. The number of thiazole rings is 1. The highest BCUT2D eigenvalue weighted by molar-refractivity contribution is 7.82. The fourth-order valence-electron chi connectivity index (χ4n) is 4.18. The largest absolute Gasteiger partial charge is 0.295 e.